The molecule has 0 bridgehead atoms. The van der Waals surface area contributed by atoms with Crippen molar-refractivity contribution in [2.45, 2.75) is 46.2 Å². The van der Waals surface area contributed by atoms with E-state index in [1.807, 2.05) is 19.3 Å². The zero-order chi connectivity index (χ0) is 13.9. The van der Waals surface area contributed by atoms with Crippen LogP contribution in [-0.2, 0) is 25.9 Å². The van der Waals surface area contributed by atoms with Gasteiger partial charge >= 0.3 is 0 Å². The molecule has 1 N–H and O–H groups in total. The molecule has 0 spiro atoms. The van der Waals surface area contributed by atoms with Gasteiger partial charge in [0, 0.05) is 55.3 Å². The second-order valence-corrected chi connectivity index (χ2v) is 5.48. The van der Waals surface area contributed by atoms with Gasteiger partial charge in [0.05, 0.1) is 6.54 Å². The summed E-state index contributed by atoms with van der Waals surface area (Å²) in [6.45, 7) is 7.02. The zero-order valence-electron chi connectivity index (χ0n) is 12.2. The van der Waals surface area contributed by atoms with Crippen LogP contribution in [0.1, 0.15) is 41.9 Å². The fraction of sp³-hybridized carbons (Fsp3) is 0.533. The fourth-order valence-corrected chi connectivity index (χ4v) is 2.65. The number of fused-ring (bicyclic) bond motifs is 1. The molecule has 2 aromatic heterocycles. The van der Waals surface area contributed by atoms with Gasteiger partial charge in [-0.05, 0) is 13.3 Å². The van der Waals surface area contributed by atoms with Crippen LogP contribution in [-0.4, -0.2) is 31.4 Å². The van der Waals surface area contributed by atoms with Crippen molar-refractivity contribution in [2.75, 3.05) is 6.54 Å². The topological polar surface area (TPSA) is 57.7 Å². The van der Waals surface area contributed by atoms with Gasteiger partial charge in [0.25, 0.3) is 0 Å². The Balaban J connectivity index is 1.69. The Hall–Kier alpha value is -1.75. The first-order chi connectivity index (χ1) is 9.74. The number of nitrogens with zero attached hydrogens (tertiary/aromatic N) is 4. The Bertz CT molecular complexity index is 590. The van der Waals surface area contributed by atoms with Crippen molar-refractivity contribution in [3.8, 4) is 0 Å². The van der Waals surface area contributed by atoms with Gasteiger partial charge < -0.3 is 4.98 Å². The van der Waals surface area contributed by atoms with Crippen LogP contribution in [0.15, 0.2) is 12.4 Å². The summed E-state index contributed by atoms with van der Waals surface area (Å²) in [5, 5.41) is 0. The van der Waals surface area contributed by atoms with Crippen LogP contribution in [0.4, 0.5) is 0 Å². The maximum atomic E-state index is 4.69. The number of aryl methyl sites for hydroxylation is 2. The lowest BCUT2D eigenvalue weighted by Crippen LogP contribution is -2.31. The van der Waals surface area contributed by atoms with Gasteiger partial charge in [-0.25, -0.2) is 15.0 Å². The van der Waals surface area contributed by atoms with Gasteiger partial charge in [0.2, 0.25) is 0 Å². The number of hydrogen-bond acceptors (Lipinski definition) is 4. The van der Waals surface area contributed by atoms with E-state index in [-0.39, 0.29) is 0 Å². The summed E-state index contributed by atoms with van der Waals surface area (Å²) in [5.74, 6) is 2.02. The fourth-order valence-electron chi connectivity index (χ4n) is 2.65. The standard InChI is InChI=1S/C15H21N5/c1-3-4-14-17-8-12-9-20(6-5-13(12)19-14)10-15-16-7-11(2)18-15/h7-8H,3-6,9-10H2,1-2H3,(H,16,18). The molecule has 3 heterocycles. The number of rotatable bonds is 4. The van der Waals surface area contributed by atoms with Crippen molar-refractivity contribution in [3.63, 3.8) is 0 Å². The minimum absolute atomic E-state index is 0.865. The lowest BCUT2D eigenvalue weighted by molar-refractivity contribution is 0.237. The molecule has 2 aromatic rings. The van der Waals surface area contributed by atoms with E-state index in [1.54, 1.807) is 0 Å². The van der Waals surface area contributed by atoms with Crippen LogP contribution >= 0.6 is 0 Å². The Morgan fingerprint density at radius 2 is 2.20 bits per heavy atom. The van der Waals surface area contributed by atoms with Crippen LogP contribution < -0.4 is 0 Å². The van der Waals surface area contributed by atoms with Crippen LogP contribution in [0.5, 0.6) is 0 Å². The molecule has 20 heavy (non-hydrogen) atoms. The van der Waals surface area contributed by atoms with Crippen LogP contribution in [0.25, 0.3) is 0 Å². The molecule has 0 unspecified atom stereocenters. The molecule has 1 aliphatic heterocycles. The molecule has 1 aliphatic rings. The van der Waals surface area contributed by atoms with Crippen molar-refractivity contribution in [3.05, 3.63) is 41.0 Å². The lowest BCUT2D eigenvalue weighted by Gasteiger charge is -2.27. The minimum Gasteiger partial charge on any atom is -0.345 e. The summed E-state index contributed by atoms with van der Waals surface area (Å²) < 4.78 is 0. The second-order valence-electron chi connectivity index (χ2n) is 5.48. The summed E-state index contributed by atoms with van der Waals surface area (Å²) in [5.41, 5.74) is 3.61. The van der Waals surface area contributed by atoms with Gasteiger partial charge in [-0.3, -0.25) is 4.90 Å². The average molecular weight is 271 g/mol. The first kappa shape index (κ1) is 13.2. The number of hydrogen-bond donors (Lipinski definition) is 1. The maximum Gasteiger partial charge on any atom is 0.128 e. The Morgan fingerprint density at radius 3 is 2.95 bits per heavy atom. The van der Waals surface area contributed by atoms with E-state index in [0.29, 0.717) is 0 Å². The van der Waals surface area contributed by atoms with Crippen molar-refractivity contribution in [1.29, 1.82) is 0 Å². The van der Waals surface area contributed by atoms with E-state index >= 15 is 0 Å². The van der Waals surface area contributed by atoms with Gasteiger partial charge in [-0.1, -0.05) is 6.92 Å². The Labute approximate surface area is 119 Å². The number of aromatic nitrogens is 4. The predicted molar refractivity (Wildman–Crippen MR) is 77.2 cm³/mol. The molecular weight excluding hydrogens is 250 g/mol. The molecule has 5 nitrogen and oxygen atoms in total. The van der Waals surface area contributed by atoms with Crippen LogP contribution in [0, 0.1) is 6.92 Å². The van der Waals surface area contributed by atoms with Crippen LogP contribution in [0.3, 0.4) is 0 Å². The summed E-state index contributed by atoms with van der Waals surface area (Å²) >= 11 is 0. The second kappa shape index (κ2) is 5.71. The molecule has 0 atom stereocenters. The van der Waals surface area contributed by atoms with Gasteiger partial charge in [-0.15, -0.1) is 0 Å². The first-order valence-electron chi connectivity index (χ1n) is 7.31. The SMILES string of the molecule is CCCc1ncc2c(n1)CCN(Cc1ncc(C)[nH]1)C2. The van der Waals surface area contributed by atoms with E-state index in [4.69, 9.17) is 0 Å². The molecule has 0 radical (unpaired) electrons. The first-order valence-corrected chi connectivity index (χ1v) is 7.31. The minimum atomic E-state index is 0.865. The molecule has 0 aromatic carbocycles. The summed E-state index contributed by atoms with van der Waals surface area (Å²) in [6.07, 6.45) is 6.97. The van der Waals surface area contributed by atoms with Crippen molar-refractivity contribution in [2.24, 2.45) is 0 Å². The zero-order valence-corrected chi connectivity index (χ0v) is 12.2. The highest BCUT2D eigenvalue weighted by molar-refractivity contribution is 5.20. The maximum absolute atomic E-state index is 4.69. The average Bonchev–Trinajstić information content (AvgIpc) is 2.85. The molecule has 0 fully saturated rings. The van der Waals surface area contributed by atoms with E-state index in [0.717, 1.165) is 56.2 Å². The number of nitrogens with one attached hydrogen (secondary N) is 1. The highest BCUT2D eigenvalue weighted by atomic mass is 15.2. The molecule has 0 amide bonds. The third-order valence-corrected chi connectivity index (χ3v) is 3.67. The molecule has 3 rings (SSSR count). The van der Waals surface area contributed by atoms with Crippen molar-refractivity contribution < 1.29 is 0 Å². The van der Waals surface area contributed by atoms with Crippen molar-refractivity contribution >= 4 is 0 Å². The predicted octanol–water partition coefficient (Wildman–Crippen LogP) is 2.02. The van der Waals surface area contributed by atoms with Gasteiger partial charge in [0.1, 0.15) is 11.6 Å². The van der Waals surface area contributed by atoms with Crippen molar-refractivity contribution in [1.82, 2.24) is 24.8 Å². The Morgan fingerprint density at radius 1 is 1.30 bits per heavy atom. The highest BCUT2D eigenvalue weighted by Crippen LogP contribution is 2.18. The largest absolute Gasteiger partial charge is 0.345 e. The molecule has 0 saturated heterocycles. The Kier molecular flexibility index (Phi) is 3.78. The molecule has 106 valence electrons. The smallest absolute Gasteiger partial charge is 0.128 e. The highest BCUT2D eigenvalue weighted by Gasteiger charge is 2.19. The molecule has 5 heteroatoms. The van der Waals surface area contributed by atoms with Gasteiger partial charge in [-0.2, -0.15) is 0 Å². The number of imidazole rings is 1. The molecular formula is C15H21N5. The van der Waals surface area contributed by atoms with E-state index < -0.39 is 0 Å². The number of aromatic amines is 1. The number of H-pyrrole nitrogens is 1. The summed E-state index contributed by atoms with van der Waals surface area (Å²) in [4.78, 5) is 19.2. The normalized spacial score (nSPS) is 15.3. The monoisotopic (exact) mass is 271 g/mol. The third-order valence-electron chi connectivity index (χ3n) is 3.67. The quantitative estimate of drug-likeness (QED) is 0.924. The van der Waals surface area contributed by atoms with Gasteiger partial charge in [0.15, 0.2) is 0 Å². The molecule has 0 saturated carbocycles. The van der Waals surface area contributed by atoms with E-state index in [1.165, 1.54) is 11.3 Å². The summed E-state index contributed by atoms with van der Waals surface area (Å²) in [6, 6.07) is 0. The lowest BCUT2D eigenvalue weighted by atomic mass is 10.1. The van der Waals surface area contributed by atoms with E-state index in [2.05, 4.69) is 31.8 Å². The van der Waals surface area contributed by atoms with Crippen LogP contribution in [0.2, 0.25) is 0 Å². The molecule has 0 aliphatic carbocycles. The third kappa shape index (κ3) is 2.88. The summed E-state index contributed by atoms with van der Waals surface area (Å²) in [7, 11) is 0. The van der Waals surface area contributed by atoms with E-state index in [9.17, 15) is 0 Å².